The zero-order chi connectivity index (χ0) is 19.1. The fourth-order valence-corrected chi connectivity index (χ4v) is 2.76. The van der Waals surface area contributed by atoms with Crippen LogP contribution < -0.4 is 10.7 Å². The molecule has 1 saturated heterocycles. The normalized spacial score (nSPS) is 20.2. The van der Waals surface area contributed by atoms with E-state index in [-0.39, 0.29) is 5.41 Å². The lowest BCUT2D eigenvalue weighted by Crippen LogP contribution is -2.47. The van der Waals surface area contributed by atoms with E-state index < -0.39 is 23.4 Å². The van der Waals surface area contributed by atoms with E-state index in [4.69, 9.17) is 4.42 Å². The highest BCUT2D eigenvalue weighted by atomic mass is 16.3. The molecular weight excluding hydrogens is 334 g/mol. The first-order valence-electron chi connectivity index (χ1n) is 8.25. The van der Waals surface area contributed by atoms with Crippen molar-refractivity contribution < 1.29 is 18.8 Å². The average molecular weight is 355 g/mol. The zero-order valence-corrected chi connectivity index (χ0v) is 15.1. The molecule has 2 aromatic rings. The Morgan fingerprint density at radius 3 is 2.35 bits per heavy atom. The van der Waals surface area contributed by atoms with Crippen LogP contribution in [-0.2, 0) is 15.7 Å². The third kappa shape index (κ3) is 2.96. The van der Waals surface area contributed by atoms with E-state index in [1.54, 1.807) is 24.3 Å². The van der Waals surface area contributed by atoms with Crippen molar-refractivity contribution in [2.24, 2.45) is 0 Å². The summed E-state index contributed by atoms with van der Waals surface area (Å²) in [6, 6.07) is 9.54. The minimum Gasteiger partial charge on any atom is -0.466 e. The summed E-state index contributed by atoms with van der Waals surface area (Å²) in [5, 5.41) is 3.23. The van der Waals surface area contributed by atoms with Gasteiger partial charge in [-0.1, -0.05) is 32.9 Å². The van der Waals surface area contributed by atoms with Crippen molar-refractivity contribution in [3.8, 4) is 0 Å². The third-order valence-electron chi connectivity index (χ3n) is 4.43. The summed E-state index contributed by atoms with van der Waals surface area (Å²) in [5.41, 5.74) is 2.40. The van der Waals surface area contributed by atoms with Crippen LogP contribution in [0.15, 0.2) is 47.1 Å². The lowest BCUT2D eigenvalue weighted by Gasteiger charge is -2.20. The Morgan fingerprint density at radius 2 is 1.81 bits per heavy atom. The second-order valence-electron chi connectivity index (χ2n) is 7.44. The van der Waals surface area contributed by atoms with Crippen LogP contribution >= 0.6 is 0 Å². The third-order valence-corrected chi connectivity index (χ3v) is 4.43. The number of hydrogen-bond acceptors (Lipinski definition) is 4. The highest BCUT2D eigenvalue weighted by Gasteiger charge is 2.52. The lowest BCUT2D eigenvalue weighted by atomic mass is 9.87. The number of imide groups is 1. The standard InChI is InChI=1S/C19H21N3O4/c1-18(2,3)13-9-7-12(8-10-13)15(23)21-22-16(24)19(4,20-17(22)25)14-6-5-11-26-14/h5-11H,1-4H3,(H,20,25)(H,21,23). The Morgan fingerprint density at radius 1 is 1.15 bits per heavy atom. The van der Waals surface area contributed by atoms with E-state index in [1.807, 2.05) is 12.1 Å². The number of amides is 4. The zero-order valence-electron chi connectivity index (χ0n) is 15.1. The van der Waals surface area contributed by atoms with Crippen molar-refractivity contribution in [3.05, 3.63) is 59.5 Å². The molecule has 7 heteroatoms. The number of hydrogen-bond donors (Lipinski definition) is 2. The van der Waals surface area contributed by atoms with Gasteiger partial charge in [0.2, 0.25) is 0 Å². The van der Waals surface area contributed by atoms with Crippen LogP contribution in [0.25, 0.3) is 0 Å². The highest BCUT2D eigenvalue weighted by molar-refractivity contribution is 6.09. The Balaban J connectivity index is 1.77. The molecule has 0 radical (unpaired) electrons. The highest BCUT2D eigenvalue weighted by Crippen LogP contribution is 2.28. The van der Waals surface area contributed by atoms with E-state index in [0.29, 0.717) is 16.3 Å². The summed E-state index contributed by atoms with van der Waals surface area (Å²) in [7, 11) is 0. The van der Waals surface area contributed by atoms with E-state index in [9.17, 15) is 14.4 Å². The number of hydrazine groups is 1. The number of urea groups is 1. The molecule has 0 spiro atoms. The fourth-order valence-electron chi connectivity index (χ4n) is 2.76. The molecule has 2 N–H and O–H groups in total. The van der Waals surface area contributed by atoms with Crippen LogP contribution in [0.5, 0.6) is 0 Å². The summed E-state index contributed by atoms with van der Waals surface area (Å²) >= 11 is 0. The van der Waals surface area contributed by atoms with Crippen LogP contribution in [0.2, 0.25) is 0 Å². The van der Waals surface area contributed by atoms with Crippen LogP contribution in [-0.4, -0.2) is 22.9 Å². The SMILES string of the molecule is CC(C)(C)c1ccc(C(=O)NN2C(=O)NC(C)(c3ccco3)C2=O)cc1. The van der Waals surface area contributed by atoms with Crippen molar-refractivity contribution in [1.82, 2.24) is 15.8 Å². The molecule has 1 atom stereocenters. The molecule has 0 bridgehead atoms. The molecule has 1 aliphatic heterocycles. The quantitative estimate of drug-likeness (QED) is 0.828. The molecule has 136 valence electrons. The molecule has 26 heavy (non-hydrogen) atoms. The number of rotatable bonds is 3. The van der Waals surface area contributed by atoms with Crippen LogP contribution in [0.1, 0.15) is 49.4 Å². The number of nitrogens with zero attached hydrogens (tertiary/aromatic N) is 1. The molecule has 1 aromatic carbocycles. The van der Waals surface area contributed by atoms with E-state index in [0.717, 1.165) is 5.56 Å². The Hall–Kier alpha value is -3.09. The van der Waals surface area contributed by atoms with Crippen molar-refractivity contribution in [3.63, 3.8) is 0 Å². The van der Waals surface area contributed by atoms with Gasteiger partial charge in [-0.15, -0.1) is 0 Å². The summed E-state index contributed by atoms with van der Waals surface area (Å²) in [5.74, 6) is -0.864. The Bertz CT molecular complexity index is 850. The fraction of sp³-hybridized carbons (Fsp3) is 0.316. The maximum atomic E-state index is 12.7. The second kappa shape index (κ2) is 6.01. The van der Waals surface area contributed by atoms with Crippen molar-refractivity contribution in [1.29, 1.82) is 0 Å². The maximum absolute atomic E-state index is 12.7. The molecule has 1 aliphatic rings. The molecule has 2 heterocycles. The van der Waals surface area contributed by atoms with Crippen LogP contribution in [0.4, 0.5) is 4.79 Å². The molecule has 0 aliphatic carbocycles. The molecule has 4 amide bonds. The molecule has 1 unspecified atom stereocenters. The van der Waals surface area contributed by atoms with Crippen LogP contribution in [0, 0.1) is 0 Å². The predicted molar refractivity (Wildman–Crippen MR) is 94.0 cm³/mol. The van der Waals surface area contributed by atoms with Gasteiger partial charge in [0.15, 0.2) is 5.54 Å². The maximum Gasteiger partial charge on any atom is 0.344 e. The summed E-state index contributed by atoms with van der Waals surface area (Å²) in [6.07, 6.45) is 1.41. The molecule has 7 nitrogen and oxygen atoms in total. The van der Waals surface area contributed by atoms with E-state index in [1.165, 1.54) is 13.2 Å². The van der Waals surface area contributed by atoms with E-state index in [2.05, 4.69) is 31.5 Å². The Kier molecular flexibility index (Phi) is 4.10. The van der Waals surface area contributed by atoms with Gasteiger partial charge in [0.25, 0.3) is 11.8 Å². The van der Waals surface area contributed by atoms with E-state index >= 15 is 0 Å². The number of carbonyl (C=O) groups is 3. The monoisotopic (exact) mass is 355 g/mol. The molecule has 1 aromatic heterocycles. The minimum absolute atomic E-state index is 0.0370. The second-order valence-corrected chi connectivity index (χ2v) is 7.44. The van der Waals surface area contributed by atoms with Gasteiger partial charge in [-0.25, -0.2) is 4.79 Å². The van der Waals surface area contributed by atoms with Crippen LogP contribution in [0.3, 0.4) is 0 Å². The number of nitrogens with one attached hydrogen (secondary N) is 2. The van der Waals surface area contributed by atoms with Gasteiger partial charge in [0.05, 0.1) is 6.26 Å². The number of benzene rings is 1. The lowest BCUT2D eigenvalue weighted by molar-refractivity contribution is -0.133. The van der Waals surface area contributed by atoms with Crippen molar-refractivity contribution in [2.75, 3.05) is 0 Å². The van der Waals surface area contributed by atoms with Gasteiger partial charge >= 0.3 is 6.03 Å². The number of carbonyl (C=O) groups excluding carboxylic acids is 3. The topological polar surface area (TPSA) is 91.7 Å². The van der Waals surface area contributed by atoms with Crippen molar-refractivity contribution >= 4 is 17.8 Å². The van der Waals surface area contributed by atoms with Gasteiger partial charge in [-0.2, -0.15) is 5.01 Å². The first kappa shape index (κ1) is 17.7. The average Bonchev–Trinajstić information content (AvgIpc) is 3.19. The molecule has 3 rings (SSSR count). The van der Waals surface area contributed by atoms with Gasteiger partial charge in [0, 0.05) is 5.56 Å². The summed E-state index contributed by atoms with van der Waals surface area (Å²) in [6.45, 7) is 7.75. The first-order valence-corrected chi connectivity index (χ1v) is 8.25. The number of furan rings is 1. The predicted octanol–water partition coefficient (Wildman–Crippen LogP) is 2.69. The van der Waals surface area contributed by atoms with Gasteiger partial charge in [0.1, 0.15) is 5.76 Å². The minimum atomic E-state index is -1.36. The smallest absolute Gasteiger partial charge is 0.344 e. The summed E-state index contributed by atoms with van der Waals surface area (Å²) < 4.78 is 5.25. The Labute approximate surface area is 151 Å². The molecule has 1 fully saturated rings. The molecular formula is C19H21N3O4. The van der Waals surface area contributed by atoms with Gasteiger partial charge in [-0.05, 0) is 42.2 Å². The van der Waals surface area contributed by atoms with Crippen molar-refractivity contribution in [2.45, 2.75) is 38.6 Å². The largest absolute Gasteiger partial charge is 0.466 e. The summed E-state index contributed by atoms with van der Waals surface area (Å²) in [4.78, 5) is 37.3. The van der Waals surface area contributed by atoms with Gasteiger partial charge < -0.3 is 9.73 Å². The van der Waals surface area contributed by atoms with Gasteiger partial charge in [-0.3, -0.25) is 15.0 Å². The first-order chi connectivity index (χ1) is 12.1. The molecule has 0 saturated carbocycles.